The topological polar surface area (TPSA) is 26.3 Å². The highest BCUT2D eigenvalue weighted by molar-refractivity contribution is 8.02. The van der Waals surface area contributed by atoms with Crippen molar-refractivity contribution in [2.75, 3.05) is 6.26 Å². The minimum atomic E-state index is -0.181. The molecule has 0 radical (unpaired) electrons. The Bertz CT molecular complexity index is 590. The van der Waals surface area contributed by atoms with E-state index in [1.54, 1.807) is 17.8 Å². The van der Waals surface area contributed by atoms with Gasteiger partial charge in [-0.15, -0.1) is 11.8 Å². The van der Waals surface area contributed by atoms with Gasteiger partial charge < -0.3 is 4.74 Å². The summed E-state index contributed by atoms with van der Waals surface area (Å²) in [6.07, 6.45) is 14.7. The molecule has 1 fully saturated rings. The zero-order valence-electron chi connectivity index (χ0n) is 15.4. The van der Waals surface area contributed by atoms with Gasteiger partial charge in [-0.05, 0) is 60.6 Å². The summed E-state index contributed by atoms with van der Waals surface area (Å²) in [5.41, 5.74) is 1.02. The van der Waals surface area contributed by atoms with Crippen LogP contribution in [0.25, 0.3) is 6.08 Å². The Balaban J connectivity index is 1.79. The quantitative estimate of drug-likeness (QED) is 0.286. The lowest BCUT2D eigenvalue weighted by Crippen LogP contribution is -2.09. The predicted octanol–water partition coefficient (Wildman–Crippen LogP) is 7.11. The number of carbonyl (C=O) groups excluding carboxylic acids is 1. The highest BCUT2D eigenvalue weighted by Gasteiger charge is 2.14. The first-order valence-corrected chi connectivity index (χ1v) is 10.9. The van der Waals surface area contributed by atoms with Crippen molar-refractivity contribution in [1.29, 1.82) is 0 Å². The van der Waals surface area contributed by atoms with E-state index in [1.807, 2.05) is 18.4 Å². The maximum Gasteiger partial charge on any atom is 0.311 e. The average Bonchev–Trinajstić information content (AvgIpc) is 2.86. The van der Waals surface area contributed by atoms with Gasteiger partial charge in [0.05, 0.1) is 5.02 Å². The van der Waals surface area contributed by atoms with Crippen LogP contribution in [0.2, 0.25) is 5.02 Å². The number of hydrogen-bond acceptors (Lipinski definition) is 3. The van der Waals surface area contributed by atoms with E-state index in [2.05, 4.69) is 13.0 Å². The van der Waals surface area contributed by atoms with E-state index < -0.39 is 0 Å². The van der Waals surface area contributed by atoms with Crippen molar-refractivity contribution in [3.63, 3.8) is 0 Å². The van der Waals surface area contributed by atoms with Crippen LogP contribution < -0.4 is 4.74 Å². The van der Waals surface area contributed by atoms with Gasteiger partial charge in [0, 0.05) is 6.42 Å². The fourth-order valence-corrected chi connectivity index (χ4v) is 3.83. The smallest absolute Gasteiger partial charge is 0.311 e. The molecule has 0 amide bonds. The van der Waals surface area contributed by atoms with Crippen LogP contribution in [0.15, 0.2) is 23.1 Å². The number of benzene rings is 1. The van der Waals surface area contributed by atoms with E-state index in [4.69, 9.17) is 16.3 Å². The van der Waals surface area contributed by atoms with Crippen LogP contribution in [0.5, 0.6) is 5.75 Å². The first kappa shape index (κ1) is 20.4. The van der Waals surface area contributed by atoms with Crippen molar-refractivity contribution >= 4 is 35.4 Å². The number of carbonyl (C=O) groups is 1. The van der Waals surface area contributed by atoms with Crippen LogP contribution in [0.4, 0.5) is 0 Å². The van der Waals surface area contributed by atoms with Crippen LogP contribution in [0.3, 0.4) is 0 Å². The highest BCUT2D eigenvalue weighted by atomic mass is 35.5. The summed E-state index contributed by atoms with van der Waals surface area (Å²) < 4.78 is 5.45. The van der Waals surface area contributed by atoms with E-state index in [-0.39, 0.29) is 5.97 Å². The molecule has 25 heavy (non-hydrogen) atoms. The maximum atomic E-state index is 12.1. The van der Waals surface area contributed by atoms with Gasteiger partial charge in [0.25, 0.3) is 0 Å². The van der Waals surface area contributed by atoms with Gasteiger partial charge in [-0.3, -0.25) is 4.79 Å². The monoisotopic (exact) mass is 380 g/mol. The Labute approximate surface area is 161 Å². The summed E-state index contributed by atoms with van der Waals surface area (Å²) >= 11 is 7.96. The second-order valence-corrected chi connectivity index (χ2v) is 8.33. The Morgan fingerprint density at radius 2 is 2.00 bits per heavy atom. The predicted molar refractivity (Wildman–Crippen MR) is 109 cm³/mol. The van der Waals surface area contributed by atoms with Gasteiger partial charge in [0.1, 0.15) is 5.75 Å². The van der Waals surface area contributed by atoms with Gasteiger partial charge in [-0.1, -0.05) is 56.2 Å². The van der Waals surface area contributed by atoms with E-state index in [0.29, 0.717) is 17.2 Å². The van der Waals surface area contributed by atoms with Crippen molar-refractivity contribution in [3.05, 3.63) is 33.7 Å². The van der Waals surface area contributed by atoms with Crippen molar-refractivity contribution in [1.82, 2.24) is 0 Å². The van der Waals surface area contributed by atoms with E-state index in [1.165, 1.54) is 43.4 Å². The standard InChI is InChI=1S/C21H29ClO2S/c1-16(25-2)14-18-12-13-20(19(22)15-18)24-21(23)11-7-10-17-8-5-3-4-6-9-17/h12-15,17H,3-11H2,1-2H3/b16-14-. The summed E-state index contributed by atoms with van der Waals surface area (Å²) in [6, 6.07) is 5.56. The first-order chi connectivity index (χ1) is 12.1. The molecule has 0 unspecified atom stereocenters. The number of halogens is 1. The van der Waals surface area contributed by atoms with Crippen molar-refractivity contribution < 1.29 is 9.53 Å². The number of thioether (sulfide) groups is 1. The number of hydrogen-bond donors (Lipinski definition) is 0. The summed E-state index contributed by atoms with van der Waals surface area (Å²) in [4.78, 5) is 13.3. The second-order valence-electron chi connectivity index (χ2n) is 6.87. The molecule has 0 N–H and O–H groups in total. The fourth-order valence-electron chi connectivity index (χ4n) is 3.34. The lowest BCUT2D eigenvalue weighted by atomic mass is 9.94. The number of esters is 1. The van der Waals surface area contributed by atoms with Crippen LogP contribution in [0, 0.1) is 5.92 Å². The average molecular weight is 381 g/mol. The summed E-state index contributed by atoms with van der Waals surface area (Å²) in [6.45, 7) is 2.06. The van der Waals surface area contributed by atoms with E-state index in [0.717, 1.165) is 24.3 Å². The minimum Gasteiger partial charge on any atom is -0.425 e. The van der Waals surface area contributed by atoms with Crippen molar-refractivity contribution in [2.45, 2.75) is 64.7 Å². The third-order valence-corrected chi connectivity index (χ3v) is 5.90. The molecule has 1 aromatic rings. The molecule has 1 aromatic carbocycles. The summed E-state index contributed by atoms with van der Waals surface area (Å²) in [7, 11) is 0. The molecule has 138 valence electrons. The molecular weight excluding hydrogens is 352 g/mol. The van der Waals surface area contributed by atoms with Gasteiger partial charge in [0.2, 0.25) is 0 Å². The highest BCUT2D eigenvalue weighted by Crippen LogP contribution is 2.29. The van der Waals surface area contributed by atoms with Crippen LogP contribution in [-0.4, -0.2) is 12.2 Å². The van der Waals surface area contributed by atoms with Gasteiger partial charge >= 0.3 is 5.97 Å². The van der Waals surface area contributed by atoms with Crippen LogP contribution >= 0.6 is 23.4 Å². The van der Waals surface area contributed by atoms with Gasteiger partial charge in [0.15, 0.2) is 0 Å². The summed E-state index contributed by atoms with van der Waals surface area (Å²) in [5.74, 6) is 1.07. The third-order valence-electron chi connectivity index (χ3n) is 4.84. The van der Waals surface area contributed by atoms with E-state index >= 15 is 0 Å². The lowest BCUT2D eigenvalue weighted by Gasteiger charge is -2.13. The molecule has 2 rings (SSSR count). The molecule has 0 bridgehead atoms. The molecule has 1 saturated carbocycles. The molecule has 0 saturated heterocycles. The third kappa shape index (κ3) is 7.45. The van der Waals surface area contributed by atoms with E-state index in [9.17, 15) is 4.79 Å². The van der Waals surface area contributed by atoms with Gasteiger partial charge in [-0.2, -0.15) is 0 Å². The molecule has 2 nitrogen and oxygen atoms in total. The number of rotatable bonds is 7. The zero-order chi connectivity index (χ0) is 18.1. The molecule has 0 aromatic heterocycles. The van der Waals surface area contributed by atoms with Gasteiger partial charge in [-0.25, -0.2) is 0 Å². The second kappa shape index (κ2) is 10.9. The Morgan fingerprint density at radius 3 is 2.64 bits per heavy atom. The first-order valence-electron chi connectivity index (χ1n) is 9.31. The van der Waals surface area contributed by atoms with Crippen molar-refractivity contribution in [3.8, 4) is 5.75 Å². The zero-order valence-corrected chi connectivity index (χ0v) is 16.9. The summed E-state index contributed by atoms with van der Waals surface area (Å²) in [5, 5.41) is 0.486. The lowest BCUT2D eigenvalue weighted by molar-refractivity contribution is -0.134. The normalized spacial score (nSPS) is 16.5. The largest absolute Gasteiger partial charge is 0.425 e. The van der Waals surface area contributed by atoms with Crippen LogP contribution in [0.1, 0.15) is 70.3 Å². The Morgan fingerprint density at radius 1 is 1.28 bits per heavy atom. The molecule has 0 aliphatic heterocycles. The molecule has 4 heteroatoms. The molecular formula is C21H29ClO2S. The van der Waals surface area contributed by atoms with Crippen molar-refractivity contribution in [2.24, 2.45) is 5.92 Å². The SMILES string of the molecule is CS/C(C)=C\c1ccc(OC(=O)CCCC2CCCCCC2)c(Cl)c1. The Kier molecular flexibility index (Phi) is 8.91. The minimum absolute atomic E-state index is 0.181. The number of ether oxygens (including phenoxy) is 1. The molecule has 0 spiro atoms. The van der Waals surface area contributed by atoms with Crippen LogP contribution in [-0.2, 0) is 4.79 Å². The Hall–Kier alpha value is -0.930. The molecule has 1 aliphatic carbocycles. The molecule has 0 atom stereocenters. The maximum absolute atomic E-state index is 12.1. The number of allylic oxidation sites excluding steroid dienone is 1. The fraction of sp³-hybridized carbons (Fsp3) is 0.571. The molecule has 1 aliphatic rings. The molecule has 0 heterocycles.